The molecule has 0 bridgehead atoms. The summed E-state index contributed by atoms with van der Waals surface area (Å²) >= 11 is 0. The van der Waals surface area contributed by atoms with E-state index in [4.69, 9.17) is 9.47 Å². The van der Waals surface area contributed by atoms with Gasteiger partial charge < -0.3 is 9.47 Å². The molecule has 0 aromatic heterocycles. The largest absolute Gasteiger partial charge is 0.452 e. The van der Waals surface area contributed by atoms with Crippen molar-refractivity contribution in [2.24, 2.45) is 0 Å². The summed E-state index contributed by atoms with van der Waals surface area (Å²) in [6.07, 6.45) is 8.32. The molecule has 0 saturated carbocycles. The van der Waals surface area contributed by atoms with Gasteiger partial charge in [-0.3, -0.25) is 4.79 Å². The quantitative estimate of drug-likeness (QED) is 0.327. The fraction of sp³-hybridized carbons (Fsp3) is 0. The van der Waals surface area contributed by atoms with Crippen LogP contribution in [0.15, 0.2) is 103 Å². The number of ketones is 1. The molecule has 0 N–H and O–H groups in total. The van der Waals surface area contributed by atoms with Crippen LogP contribution in [0.3, 0.4) is 0 Å². The second kappa shape index (κ2) is 8.88. The lowest BCUT2D eigenvalue weighted by molar-refractivity contribution is -0.128. The highest BCUT2D eigenvalue weighted by Gasteiger charge is 2.27. The van der Waals surface area contributed by atoms with Gasteiger partial charge in [0.05, 0.1) is 5.56 Å². The van der Waals surface area contributed by atoms with Gasteiger partial charge in [0.15, 0.2) is 5.76 Å². The summed E-state index contributed by atoms with van der Waals surface area (Å²) in [5.74, 6) is 0.195. The van der Waals surface area contributed by atoms with Crippen molar-refractivity contribution in [2.45, 2.75) is 0 Å². The third-order valence-electron chi connectivity index (χ3n) is 4.41. The van der Waals surface area contributed by atoms with Crippen LogP contribution >= 0.6 is 0 Å². The summed E-state index contributed by atoms with van der Waals surface area (Å²) in [7, 11) is 0. The van der Waals surface area contributed by atoms with Crippen LogP contribution in [-0.4, -0.2) is 11.8 Å². The summed E-state index contributed by atoms with van der Waals surface area (Å²) in [5.41, 5.74) is 2.36. The molecule has 0 fully saturated rings. The van der Waals surface area contributed by atoms with Crippen molar-refractivity contribution in [3.8, 4) is 11.5 Å². The van der Waals surface area contributed by atoms with Gasteiger partial charge >= 0.3 is 5.97 Å². The lowest BCUT2D eigenvalue weighted by Crippen LogP contribution is -2.03. The minimum Gasteiger partial charge on any atom is -0.452 e. The molecule has 0 amide bonds. The number of hydrogen-bond donors (Lipinski definition) is 0. The van der Waals surface area contributed by atoms with Gasteiger partial charge in [0, 0.05) is 12.1 Å². The van der Waals surface area contributed by atoms with Crippen molar-refractivity contribution in [3.63, 3.8) is 0 Å². The van der Waals surface area contributed by atoms with Gasteiger partial charge in [-0.25, -0.2) is 4.79 Å². The van der Waals surface area contributed by atoms with Gasteiger partial charge in [0.1, 0.15) is 11.5 Å². The maximum atomic E-state index is 12.5. The number of carbonyl (C=O) groups excluding carboxylic acids is 2. The number of esters is 1. The van der Waals surface area contributed by atoms with Crippen LogP contribution in [-0.2, 0) is 4.79 Å². The van der Waals surface area contributed by atoms with E-state index < -0.39 is 5.97 Å². The first kappa shape index (κ1) is 19.2. The third-order valence-corrected chi connectivity index (χ3v) is 4.41. The zero-order valence-corrected chi connectivity index (χ0v) is 16.0. The summed E-state index contributed by atoms with van der Waals surface area (Å²) in [5, 5.41) is 0. The fourth-order valence-electron chi connectivity index (χ4n) is 2.93. The number of carbonyl (C=O) groups is 2. The highest BCUT2D eigenvalue weighted by atomic mass is 16.5. The number of Topliss-reactive ketones (excluding diaryl/α,β-unsaturated/α-hetero) is 1. The first-order chi connectivity index (χ1) is 14.7. The van der Waals surface area contributed by atoms with Gasteiger partial charge in [0.2, 0.25) is 5.78 Å². The molecule has 0 aliphatic carbocycles. The van der Waals surface area contributed by atoms with E-state index in [-0.39, 0.29) is 11.5 Å². The number of ether oxygens (including phenoxy) is 2. The van der Waals surface area contributed by atoms with Crippen molar-refractivity contribution in [1.82, 2.24) is 0 Å². The van der Waals surface area contributed by atoms with Gasteiger partial charge in [-0.15, -0.1) is 0 Å². The van der Waals surface area contributed by atoms with E-state index in [0.717, 1.165) is 11.1 Å². The van der Waals surface area contributed by atoms with Crippen molar-refractivity contribution in [2.75, 3.05) is 0 Å². The summed E-state index contributed by atoms with van der Waals surface area (Å²) in [6, 6.07) is 23.9. The number of fused-ring (bicyclic) bond motifs is 1. The molecule has 30 heavy (non-hydrogen) atoms. The lowest BCUT2D eigenvalue weighted by Gasteiger charge is -2.03. The predicted molar refractivity (Wildman–Crippen MR) is 116 cm³/mol. The molecule has 3 aromatic carbocycles. The molecule has 1 aliphatic heterocycles. The average molecular weight is 394 g/mol. The SMILES string of the molecule is O=C(C=Cc1ccccc1)Oc1ccc2c(c1)OC(=CC=Cc1ccccc1)C2=O. The number of allylic oxidation sites excluding steroid dienone is 3. The molecule has 0 spiro atoms. The zero-order valence-electron chi connectivity index (χ0n) is 16.0. The van der Waals surface area contributed by atoms with E-state index in [2.05, 4.69) is 0 Å². The highest BCUT2D eigenvalue weighted by molar-refractivity contribution is 6.12. The minimum absolute atomic E-state index is 0.204. The molecule has 146 valence electrons. The molecule has 0 unspecified atom stereocenters. The Hall–Kier alpha value is -4.18. The van der Waals surface area contributed by atoms with Crippen molar-refractivity contribution < 1.29 is 19.1 Å². The average Bonchev–Trinajstić information content (AvgIpc) is 3.09. The normalized spacial score (nSPS) is 14.3. The van der Waals surface area contributed by atoms with Gasteiger partial charge in [-0.05, 0) is 35.4 Å². The first-order valence-corrected chi connectivity index (χ1v) is 9.44. The molecule has 4 heteroatoms. The van der Waals surface area contributed by atoms with Crippen LogP contribution in [0.25, 0.3) is 12.2 Å². The third kappa shape index (κ3) is 4.62. The topological polar surface area (TPSA) is 52.6 Å². The lowest BCUT2D eigenvalue weighted by atomic mass is 10.1. The van der Waals surface area contributed by atoms with E-state index >= 15 is 0 Å². The molecular weight excluding hydrogens is 376 g/mol. The van der Waals surface area contributed by atoms with Crippen LogP contribution in [0.4, 0.5) is 0 Å². The first-order valence-electron chi connectivity index (χ1n) is 9.44. The second-order valence-corrected chi connectivity index (χ2v) is 6.55. The Morgan fingerprint density at radius 1 is 0.833 bits per heavy atom. The highest BCUT2D eigenvalue weighted by Crippen LogP contribution is 2.34. The monoisotopic (exact) mass is 394 g/mol. The maximum Gasteiger partial charge on any atom is 0.336 e. The maximum absolute atomic E-state index is 12.5. The van der Waals surface area contributed by atoms with Crippen molar-refractivity contribution >= 4 is 23.9 Å². The van der Waals surface area contributed by atoms with Crippen LogP contribution in [0.5, 0.6) is 11.5 Å². The van der Waals surface area contributed by atoms with E-state index in [1.165, 1.54) is 6.08 Å². The number of rotatable bonds is 5. The molecule has 1 aliphatic rings. The Morgan fingerprint density at radius 2 is 1.50 bits per heavy atom. The van der Waals surface area contributed by atoms with Crippen LogP contribution < -0.4 is 9.47 Å². The number of benzene rings is 3. The van der Waals surface area contributed by atoms with Crippen LogP contribution in [0.1, 0.15) is 21.5 Å². The summed E-state index contributed by atoms with van der Waals surface area (Å²) in [4.78, 5) is 24.5. The Bertz CT molecular complexity index is 1160. The van der Waals surface area contributed by atoms with Gasteiger partial charge in [-0.1, -0.05) is 72.8 Å². The molecule has 1 heterocycles. The molecule has 0 atom stereocenters. The Kier molecular flexibility index (Phi) is 5.67. The molecule has 4 nitrogen and oxygen atoms in total. The van der Waals surface area contributed by atoms with E-state index in [1.807, 2.05) is 66.7 Å². The molecule has 0 radical (unpaired) electrons. The summed E-state index contributed by atoms with van der Waals surface area (Å²) in [6.45, 7) is 0. The summed E-state index contributed by atoms with van der Waals surface area (Å²) < 4.78 is 11.0. The van der Waals surface area contributed by atoms with Crippen molar-refractivity contribution in [1.29, 1.82) is 0 Å². The van der Waals surface area contributed by atoms with Gasteiger partial charge in [-0.2, -0.15) is 0 Å². The van der Waals surface area contributed by atoms with Gasteiger partial charge in [0.25, 0.3) is 0 Å². The molecule has 3 aromatic rings. The standard InChI is InChI=1S/C26H18O4/c27-25(17-14-20-10-5-2-6-11-20)29-21-15-16-22-24(18-21)30-23(26(22)28)13-7-12-19-8-3-1-4-9-19/h1-18H. The minimum atomic E-state index is -0.510. The molecular formula is C26H18O4. The Labute approximate surface area is 174 Å². The smallest absolute Gasteiger partial charge is 0.336 e. The van der Waals surface area contributed by atoms with E-state index in [1.54, 1.807) is 36.4 Å². The number of hydrogen-bond acceptors (Lipinski definition) is 4. The van der Waals surface area contributed by atoms with Crippen molar-refractivity contribution in [3.05, 3.63) is 120 Å². The van der Waals surface area contributed by atoms with E-state index in [0.29, 0.717) is 17.1 Å². The molecule has 4 rings (SSSR count). The molecule has 0 saturated heterocycles. The fourth-order valence-corrected chi connectivity index (χ4v) is 2.93. The zero-order chi connectivity index (χ0) is 20.8. The van der Waals surface area contributed by atoms with Crippen LogP contribution in [0, 0.1) is 0 Å². The van der Waals surface area contributed by atoms with E-state index in [9.17, 15) is 9.59 Å². The Morgan fingerprint density at radius 3 is 2.20 bits per heavy atom. The van der Waals surface area contributed by atoms with Crippen LogP contribution in [0.2, 0.25) is 0 Å². The predicted octanol–water partition coefficient (Wildman–Crippen LogP) is 5.48. The second-order valence-electron chi connectivity index (χ2n) is 6.55. The Balaban J connectivity index is 1.43.